The number of benzene rings is 2. The molecule has 0 spiro atoms. The van der Waals surface area contributed by atoms with Gasteiger partial charge in [0.25, 0.3) is 0 Å². The quantitative estimate of drug-likeness (QED) is 0.562. The minimum atomic E-state index is -0.0730. The number of aryl methyl sites for hydroxylation is 1. The highest BCUT2D eigenvalue weighted by Gasteiger charge is 2.12. The van der Waals surface area contributed by atoms with E-state index < -0.39 is 0 Å². The molecule has 0 radical (unpaired) electrons. The van der Waals surface area contributed by atoms with Crippen molar-refractivity contribution in [1.82, 2.24) is 4.98 Å². The fourth-order valence-electron chi connectivity index (χ4n) is 2.68. The molecule has 1 amide bonds. The molecule has 4 nitrogen and oxygen atoms in total. The van der Waals surface area contributed by atoms with Crippen molar-refractivity contribution in [2.75, 3.05) is 5.32 Å². The lowest BCUT2D eigenvalue weighted by atomic mass is 10.2. The van der Waals surface area contributed by atoms with Crippen molar-refractivity contribution in [3.05, 3.63) is 70.5 Å². The maximum absolute atomic E-state index is 12.2. The van der Waals surface area contributed by atoms with Gasteiger partial charge < -0.3 is 9.73 Å². The molecule has 2 aromatic carbocycles. The zero-order valence-electron chi connectivity index (χ0n) is 13.7. The number of nitrogens with one attached hydrogen (secondary N) is 1. The lowest BCUT2D eigenvalue weighted by Crippen LogP contribution is -2.14. The number of amides is 1. The molecule has 0 aliphatic carbocycles. The van der Waals surface area contributed by atoms with Gasteiger partial charge in [0.15, 0.2) is 5.76 Å². The second-order valence-corrected chi connectivity index (χ2v) is 6.81. The molecule has 0 aliphatic heterocycles. The molecule has 4 rings (SSSR count). The average molecular weight is 348 g/mol. The molecule has 124 valence electrons. The summed E-state index contributed by atoms with van der Waals surface area (Å²) in [4.78, 5) is 16.8. The van der Waals surface area contributed by atoms with E-state index in [4.69, 9.17) is 4.42 Å². The Bertz CT molecular complexity index is 1020. The number of para-hydroxylation sites is 1. The minimum Gasteiger partial charge on any atom is -0.454 e. The predicted octanol–water partition coefficient (Wildman–Crippen LogP) is 5.05. The lowest BCUT2D eigenvalue weighted by molar-refractivity contribution is -0.115. The summed E-state index contributed by atoms with van der Waals surface area (Å²) in [5.41, 5.74) is 3.52. The molecule has 25 heavy (non-hydrogen) atoms. The molecule has 0 saturated heterocycles. The number of aromatic nitrogens is 1. The zero-order chi connectivity index (χ0) is 17.2. The monoisotopic (exact) mass is 348 g/mol. The smallest absolute Gasteiger partial charge is 0.231 e. The normalized spacial score (nSPS) is 10.9. The molecular formula is C20H16N2O2S. The fourth-order valence-corrected chi connectivity index (χ4v) is 3.46. The second kappa shape index (κ2) is 6.53. The van der Waals surface area contributed by atoms with Crippen LogP contribution in [0.2, 0.25) is 0 Å². The molecule has 0 fully saturated rings. The van der Waals surface area contributed by atoms with Gasteiger partial charge in [0.2, 0.25) is 5.91 Å². The van der Waals surface area contributed by atoms with Gasteiger partial charge in [-0.15, -0.1) is 11.3 Å². The molecule has 2 aromatic heterocycles. The summed E-state index contributed by atoms with van der Waals surface area (Å²) in [6.07, 6.45) is 0.249. The Morgan fingerprint density at radius 1 is 1.16 bits per heavy atom. The van der Waals surface area contributed by atoms with Crippen molar-refractivity contribution < 1.29 is 9.21 Å². The molecule has 2 heterocycles. The van der Waals surface area contributed by atoms with Crippen molar-refractivity contribution in [2.45, 2.75) is 13.3 Å². The Morgan fingerprint density at radius 2 is 2.04 bits per heavy atom. The first-order valence-corrected chi connectivity index (χ1v) is 8.85. The third-order valence-electron chi connectivity index (χ3n) is 3.84. The topological polar surface area (TPSA) is 55.1 Å². The van der Waals surface area contributed by atoms with E-state index in [1.807, 2.05) is 66.9 Å². The number of furan rings is 1. The van der Waals surface area contributed by atoms with E-state index in [0.29, 0.717) is 0 Å². The Morgan fingerprint density at radius 3 is 2.88 bits per heavy atom. The van der Waals surface area contributed by atoms with Gasteiger partial charge in [-0.05, 0) is 36.8 Å². The first-order valence-electron chi connectivity index (χ1n) is 7.97. The highest BCUT2D eigenvalue weighted by atomic mass is 32.1. The van der Waals surface area contributed by atoms with E-state index in [1.54, 1.807) is 0 Å². The van der Waals surface area contributed by atoms with Crippen molar-refractivity contribution in [3.8, 4) is 11.5 Å². The van der Waals surface area contributed by atoms with Gasteiger partial charge in [-0.2, -0.15) is 0 Å². The van der Waals surface area contributed by atoms with Crippen LogP contribution in [0, 0.1) is 6.92 Å². The van der Waals surface area contributed by atoms with Crippen molar-refractivity contribution in [1.29, 1.82) is 0 Å². The van der Waals surface area contributed by atoms with Crippen LogP contribution in [0.3, 0.4) is 0 Å². The predicted molar refractivity (Wildman–Crippen MR) is 101 cm³/mol. The Kier molecular flexibility index (Phi) is 4.07. The summed E-state index contributed by atoms with van der Waals surface area (Å²) in [6.45, 7) is 2.00. The summed E-state index contributed by atoms with van der Waals surface area (Å²) in [5.74, 6) is 0.652. The third-order valence-corrected chi connectivity index (χ3v) is 4.69. The van der Waals surface area contributed by atoms with E-state index in [-0.39, 0.29) is 12.3 Å². The Balaban J connectivity index is 1.48. The van der Waals surface area contributed by atoms with Crippen LogP contribution in [0.4, 0.5) is 5.69 Å². The van der Waals surface area contributed by atoms with Gasteiger partial charge in [-0.3, -0.25) is 4.79 Å². The Labute approximate surface area is 149 Å². The van der Waals surface area contributed by atoms with Crippen LogP contribution in [-0.2, 0) is 11.2 Å². The van der Waals surface area contributed by atoms with E-state index >= 15 is 0 Å². The van der Waals surface area contributed by atoms with Gasteiger partial charge in [-0.25, -0.2) is 4.98 Å². The number of hydrogen-bond acceptors (Lipinski definition) is 4. The minimum absolute atomic E-state index is 0.0730. The van der Waals surface area contributed by atoms with Gasteiger partial charge in [0.1, 0.15) is 16.3 Å². The number of nitrogens with zero attached hydrogens (tertiary/aromatic N) is 1. The van der Waals surface area contributed by atoms with Crippen molar-refractivity contribution in [3.63, 3.8) is 0 Å². The number of anilines is 1. The SMILES string of the molecule is Cc1cccc(NC(=O)Cc2nc(-c3cc4ccccc4o3)cs2)c1. The second-order valence-electron chi connectivity index (χ2n) is 5.87. The van der Waals surface area contributed by atoms with E-state index in [1.165, 1.54) is 11.3 Å². The molecule has 1 N–H and O–H groups in total. The third kappa shape index (κ3) is 3.46. The molecule has 0 bridgehead atoms. The first-order chi connectivity index (χ1) is 12.2. The molecule has 5 heteroatoms. The van der Waals surface area contributed by atoms with E-state index in [9.17, 15) is 4.79 Å². The van der Waals surface area contributed by atoms with E-state index in [0.717, 1.165) is 38.7 Å². The summed E-state index contributed by atoms with van der Waals surface area (Å²) >= 11 is 1.46. The van der Waals surface area contributed by atoms with Crippen LogP contribution < -0.4 is 5.32 Å². The van der Waals surface area contributed by atoms with Crippen LogP contribution in [0.1, 0.15) is 10.6 Å². The standard InChI is InChI=1S/C20H16N2O2S/c1-13-5-4-7-15(9-13)21-19(23)11-20-22-16(12-25-20)18-10-14-6-2-3-8-17(14)24-18/h2-10,12H,11H2,1H3,(H,21,23). The molecular weight excluding hydrogens is 332 g/mol. The van der Waals surface area contributed by atoms with Gasteiger partial charge >= 0.3 is 0 Å². The van der Waals surface area contributed by atoms with Crippen LogP contribution >= 0.6 is 11.3 Å². The van der Waals surface area contributed by atoms with E-state index in [2.05, 4.69) is 10.3 Å². The molecule has 0 atom stereocenters. The molecule has 0 aliphatic rings. The average Bonchev–Trinajstić information content (AvgIpc) is 3.20. The number of hydrogen-bond donors (Lipinski definition) is 1. The largest absolute Gasteiger partial charge is 0.454 e. The first kappa shape index (κ1) is 15.6. The van der Waals surface area contributed by atoms with Gasteiger partial charge in [0, 0.05) is 16.5 Å². The summed E-state index contributed by atoms with van der Waals surface area (Å²) in [7, 11) is 0. The summed E-state index contributed by atoms with van der Waals surface area (Å²) < 4.78 is 5.82. The highest BCUT2D eigenvalue weighted by molar-refractivity contribution is 7.10. The molecule has 0 saturated carbocycles. The zero-order valence-corrected chi connectivity index (χ0v) is 14.5. The van der Waals surface area contributed by atoms with Crippen molar-refractivity contribution >= 4 is 33.9 Å². The molecule has 0 unspecified atom stereocenters. The fraction of sp³-hybridized carbons (Fsp3) is 0.100. The lowest BCUT2D eigenvalue weighted by Gasteiger charge is -2.04. The van der Waals surface area contributed by atoms with Gasteiger partial charge in [0.05, 0.1) is 6.42 Å². The number of rotatable bonds is 4. The number of thiazole rings is 1. The maximum atomic E-state index is 12.2. The number of carbonyl (C=O) groups excluding carboxylic acids is 1. The van der Waals surface area contributed by atoms with Crippen LogP contribution in [-0.4, -0.2) is 10.9 Å². The molecule has 4 aromatic rings. The Hall–Kier alpha value is -2.92. The van der Waals surface area contributed by atoms with Crippen LogP contribution in [0.25, 0.3) is 22.4 Å². The summed E-state index contributed by atoms with van der Waals surface area (Å²) in [5, 5.41) is 6.64. The highest BCUT2D eigenvalue weighted by Crippen LogP contribution is 2.28. The maximum Gasteiger partial charge on any atom is 0.231 e. The van der Waals surface area contributed by atoms with Crippen molar-refractivity contribution in [2.24, 2.45) is 0 Å². The number of carbonyl (C=O) groups is 1. The van der Waals surface area contributed by atoms with Crippen LogP contribution in [0.5, 0.6) is 0 Å². The van der Waals surface area contributed by atoms with Gasteiger partial charge in [-0.1, -0.05) is 30.3 Å². The number of fused-ring (bicyclic) bond motifs is 1. The summed E-state index contributed by atoms with van der Waals surface area (Å²) in [6, 6.07) is 17.6. The van der Waals surface area contributed by atoms with Crippen LogP contribution in [0.15, 0.2) is 64.4 Å².